The molecule has 30 heavy (non-hydrogen) atoms. The summed E-state index contributed by atoms with van der Waals surface area (Å²) in [6, 6.07) is 13.9. The van der Waals surface area contributed by atoms with E-state index in [-0.39, 0.29) is 11.9 Å². The lowest BCUT2D eigenvalue weighted by Crippen LogP contribution is -2.40. The summed E-state index contributed by atoms with van der Waals surface area (Å²) < 4.78 is 7.44. The van der Waals surface area contributed by atoms with Gasteiger partial charge in [-0.1, -0.05) is 35.5 Å². The van der Waals surface area contributed by atoms with Crippen LogP contribution < -0.4 is 0 Å². The summed E-state index contributed by atoms with van der Waals surface area (Å²) in [5, 5.41) is 10.6. The van der Waals surface area contributed by atoms with Gasteiger partial charge in [0.25, 0.3) is 5.91 Å². The normalized spacial score (nSPS) is 15.9. The average Bonchev–Trinajstić information content (AvgIpc) is 3.52. The van der Waals surface area contributed by atoms with Gasteiger partial charge in [-0.25, -0.2) is 0 Å². The van der Waals surface area contributed by atoms with Crippen molar-refractivity contribution in [3.05, 3.63) is 81.4 Å². The molecule has 0 radical (unpaired) electrons. The van der Waals surface area contributed by atoms with Crippen LogP contribution in [0.4, 0.5) is 0 Å². The third-order valence-electron chi connectivity index (χ3n) is 5.74. The molecule has 0 spiro atoms. The molecule has 0 bridgehead atoms. The van der Waals surface area contributed by atoms with Gasteiger partial charge in [-0.05, 0) is 42.8 Å². The Morgan fingerprint density at radius 3 is 2.87 bits per heavy atom. The van der Waals surface area contributed by atoms with E-state index in [0.717, 1.165) is 29.8 Å². The number of carbonyl (C=O) groups excluding carboxylic acids is 1. The Labute approximate surface area is 178 Å². The molecule has 3 aromatic heterocycles. The number of carbonyl (C=O) groups is 1. The van der Waals surface area contributed by atoms with E-state index < -0.39 is 0 Å². The van der Waals surface area contributed by atoms with Crippen LogP contribution in [0.15, 0.2) is 58.6 Å². The molecule has 1 aromatic carbocycles. The summed E-state index contributed by atoms with van der Waals surface area (Å²) in [5.74, 6) is 0.455. The number of rotatable bonds is 4. The summed E-state index contributed by atoms with van der Waals surface area (Å²) in [5.41, 5.74) is 4.49. The summed E-state index contributed by atoms with van der Waals surface area (Å²) in [7, 11) is 0. The van der Waals surface area contributed by atoms with E-state index in [1.165, 1.54) is 10.4 Å². The van der Waals surface area contributed by atoms with Gasteiger partial charge in [-0.15, -0.1) is 11.3 Å². The Hall–Kier alpha value is -3.19. The Kier molecular flexibility index (Phi) is 4.75. The standard InChI is InChI=1S/C23H22N4O2S/c1-3-27-15(2)18(14-24-27)20-13-19(25-29-20)23(28)26-11-9-21-17(10-12-30-21)22(26)16-7-5-4-6-8-16/h4-8,10,12-14,22H,3,9,11H2,1-2H3/t22-/m0/s1. The van der Waals surface area contributed by atoms with Crippen molar-refractivity contribution in [3.63, 3.8) is 0 Å². The maximum Gasteiger partial charge on any atom is 0.276 e. The number of hydrogen-bond acceptors (Lipinski definition) is 5. The van der Waals surface area contributed by atoms with E-state index in [1.54, 1.807) is 23.6 Å². The molecule has 7 heteroatoms. The number of hydrogen-bond donors (Lipinski definition) is 0. The second kappa shape index (κ2) is 7.57. The van der Waals surface area contributed by atoms with Crippen LogP contribution in [0.2, 0.25) is 0 Å². The van der Waals surface area contributed by atoms with Gasteiger partial charge in [0.2, 0.25) is 0 Å². The minimum Gasteiger partial charge on any atom is -0.355 e. The van der Waals surface area contributed by atoms with Crippen molar-refractivity contribution in [2.75, 3.05) is 6.54 Å². The minimum absolute atomic E-state index is 0.113. The van der Waals surface area contributed by atoms with E-state index in [1.807, 2.05) is 41.6 Å². The first-order valence-corrected chi connectivity index (χ1v) is 11.0. The second-order valence-electron chi connectivity index (χ2n) is 7.40. The van der Waals surface area contributed by atoms with Gasteiger partial charge in [0, 0.05) is 29.7 Å². The van der Waals surface area contributed by atoms with Gasteiger partial charge in [0.1, 0.15) is 0 Å². The Morgan fingerprint density at radius 1 is 1.27 bits per heavy atom. The molecule has 0 saturated carbocycles. The fourth-order valence-corrected chi connectivity index (χ4v) is 5.09. The molecule has 152 valence electrons. The van der Waals surface area contributed by atoms with Crippen LogP contribution in [0.1, 0.15) is 45.2 Å². The van der Waals surface area contributed by atoms with Crippen LogP contribution in [0.5, 0.6) is 0 Å². The van der Waals surface area contributed by atoms with Crippen molar-refractivity contribution in [3.8, 4) is 11.3 Å². The molecule has 6 nitrogen and oxygen atoms in total. The van der Waals surface area contributed by atoms with Crippen molar-refractivity contribution < 1.29 is 9.32 Å². The van der Waals surface area contributed by atoms with Gasteiger partial charge < -0.3 is 9.42 Å². The average molecular weight is 419 g/mol. The quantitative estimate of drug-likeness (QED) is 0.481. The number of aryl methyl sites for hydroxylation is 1. The first kappa shape index (κ1) is 18.8. The first-order chi connectivity index (χ1) is 14.7. The fraction of sp³-hybridized carbons (Fsp3) is 0.261. The minimum atomic E-state index is -0.115. The van der Waals surface area contributed by atoms with E-state index >= 15 is 0 Å². The molecule has 5 rings (SSSR count). The highest BCUT2D eigenvalue weighted by Gasteiger charge is 2.34. The van der Waals surface area contributed by atoms with Crippen LogP contribution in [-0.2, 0) is 13.0 Å². The van der Waals surface area contributed by atoms with Gasteiger partial charge in [-0.2, -0.15) is 5.10 Å². The van der Waals surface area contributed by atoms with Crippen LogP contribution in [-0.4, -0.2) is 32.3 Å². The van der Waals surface area contributed by atoms with Crippen molar-refractivity contribution >= 4 is 17.2 Å². The smallest absolute Gasteiger partial charge is 0.276 e. The monoisotopic (exact) mass is 418 g/mol. The molecule has 0 saturated heterocycles. The van der Waals surface area contributed by atoms with E-state index in [4.69, 9.17) is 4.52 Å². The highest BCUT2D eigenvalue weighted by Crippen LogP contribution is 2.38. The number of fused-ring (bicyclic) bond motifs is 1. The zero-order valence-electron chi connectivity index (χ0n) is 16.9. The third kappa shape index (κ3) is 3.06. The predicted octanol–water partition coefficient (Wildman–Crippen LogP) is 4.72. The molecule has 0 N–H and O–H groups in total. The molecule has 0 fully saturated rings. The van der Waals surface area contributed by atoms with Gasteiger partial charge in [0.05, 0.1) is 17.8 Å². The SMILES string of the molecule is CCn1ncc(-c2cc(C(=O)N3CCc4sccc4[C@@H]3c3ccccc3)no2)c1C. The number of nitrogens with zero attached hydrogens (tertiary/aromatic N) is 4. The fourth-order valence-electron chi connectivity index (χ4n) is 4.19. The maximum absolute atomic E-state index is 13.5. The van der Waals surface area contributed by atoms with Gasteiger partial charge in [0.15, 0.2) is 11.5 Å². The molecule has 0 unspecified atom stereocenters. The van der Waals surface area contributed by atoms with Crippen molar-refractivity contribution in [1.82, 2.24) is 19.8 Å². The van der Waals surface area contributed by atoms with Crippen LogP contribution >= 0.6 is 11.3 Å². The molecule has 1 amide bonds. The van der Waals surface area contributed by atoms with E-state index in [9.17, 15) is 4.79 Å². The van der Waals surface area contributed by atoms with Crippen LogP contribution in [0, 0.1) is 6.92 Å². The summed E-state index contributed by atoms with van der Waals surface area (Å²) >= 11 is 1.76. The molecule has 0 aliphatic carbocycles. The predicted molar refractivity (Wildman–Crippen MR) is 115 cm³/mol. The molecule has 4 heterocycles. The molecule has 1 aliphatic heterocycles. The van der Waals surface area contributed by atoms with Gasteiger partial charge in [-0.3, -0.25) is 9.48 Å². The zero-order valence-corrected chi connectivity index (χ0v) is 17.7. The molecule has 4 aromatic rings. The number of aromatic nitrogens is 3. The number of amides is 1. The maximum atomic E-state index is 13.5. The highest BCUT2D eigenvalue weighted by molar-refractivity contribution is 7.10. The van der Waals surface area contributed by atoms with E-state index in [2.05, 4.69) is 33.8 Å². The lowest BCUT2D eigenvalue weighted by atomic mass is 9.93. The third-order valence-corrected chi connectivity index (χ3v) is 6.74. The molecular formula is C23H22N4O2S. The van der Waals surface area contributed by atoms with Crippen molar-refractivity contribution in [1.29, 1.82) is 0 Å². The van der Waals surface area contributed by atoms with Crippen molar-refractivity contribution in [2.45, 2.75) is 32.9 Å². The molecule has 1 atom stereocenters. The molecule has 1 aliphatic rings. The van der Waals surface area contributed by atoms with Crippen LogP contribution in [0.3, 0.4) is 0 Å². The van der Waals surface area contributed by atoms with Crippen molar-refractivity contribution in [2.24, 2.45) is 0 Å². The Morgan fingerprint density at radius 2 is 2.10 bits per heavy atom. The topological polar surface area (TPSA) is 64.2 Å². The highest BCUT2D eigenvalue weighted by atomic mass is 32.1. The lowest BCUT2D eigenvalue weighted by Gasteiger charge is -2.35. The molecular weight excluding hydrogens is 396 g/mol. The summed E-state index contributed by atoms with van der Waals surface area (Å²) in [4.78, 5) is 16.7. The Balaban J connectivity index is 1.50. The number of benzene rings is 1. The zero-order chi connectivity index (χ0) is 20.7. The number of thiophene rings is 1. The van der Waals surface area contributed by atoms with Crippen LogP contribution in [0.25, 0.3) is 11.3 Å². The summed E-state index contributed by atoms with van der Waals surface area (Å²) in [6.07, 6.45) is 2.62. The van der Waals surface area contributed by atoms with E-state index in [0.29, 0.717) is 18.0 Å². The first-order valence-electron chi connectivity index (χ1n) is 10.1. The second-order valence-corrected chi connectivity index (χ2v) is 8.40. The Bertz CT molecular complexity index is 1190. The van der Waals surface area contributed by atoms with Gasteiger partial charge >= 0.3 is 0 Å². The lowest BCUT2D eigenvalue weighted by molar-refractivity contribution is 0.0685. The largest absolute Gasteiger partial charge is 0.355 e. The summed E-state index contributed by atoms with van der Waals surface area (Å²) in [6.45, 7) is 5.46.